The Labute approximate surface area is 102 Å². The highest BCUT2D eigenvalue weighted by Crippen LogP contribution is 2.23. The third-order valence-corrected chi connectivity index (χ3v) is 2.31. The van der Waals surface area contributed by atoms with Gasteiger partial charge in [0.05, 0.1) is 6.61 Å². The molecule has 18 heavy (non-hydrogen) atoms. The molecule has 0 saturated carbocycles. The highest BCUT2D eigenvalue weighted by molar-refractivity contribution is 5.42. The van der Waals surface area contributed by atoms with Crippen LogP contribution in [0.5, 0.6) is 0 Å². The van der Waals surface area contributed by atoms with Crippen molar-refractivity contribution in [2.24, 2.45) is 10.2 Å². The zero-order valence-corrected chi connectivity index (χ0v) is 9.35. The van der Waals surface area contributed by atoms with Crippen molar-refractivity contribution in [1.29, 1.82) is 0 Å². The van der Waals surface area contributed by atoms with Crippen molar-refractivity contribution < 1.29 is 13.9 Å². The van der Waals surface area contributed by atoms with Gasteiger partial charge >= 0.3 is 0 Å². The van der Waals surface area contributed by atoms with E-state index in [9.17, 15) is 8.78 Å². The average Bonchev–Trinajstić information content (AvgIpc) is 2.39. The predicted molar refractivity (Wildman–Crippen MR) is 62.9 cm³/mol. The number of halogens is 2. The summed E-state index contributed by atoms with van der Waals surface area (Å²) in [6.07, 6.45) is 0. The minimum Gasteiger partial charge on any atom is -0.392 e. The number of hydrogen-bond acceptors (Lipinski definition) is 3. The number of benzene rings is 2. The van der Waals surface area contributed by atoms with Gasteiger partial charge in [0.25, 0.3) is 0 Å². The molecule has 0 unspecified atom stereocenters. The number of aliphatic hydroxyl groups excluding tert-OH is 1. The van der Waals surface area contributed by atoms with Gasteiger partial charge < -0.3 is 5.11 Å². The monoisotopic (exact) mass is 248 g/mol. The molecule has 2 aromatic rings. The molecule has 2 rings (SSSR count). The molecule has 0 fully saturated rings. The lowest BCUT2D eigenvalue weighted by Crippen LogP contribution is -1.84. The third kappa shape index (κ3) is 2.75. The first-order valence-electron chi connectivity index (χ1n) is 5.26. The Morgan fingerprint density at radius 3 is 2.17 bits per heavy atom. The fourth-order valence-electron chi connectivity index (χ4n) is 1.37. The van der Waals surface area contributed by atoms with Gasteiger partial charge in [-0.05, 0) is 29.8 Å². The van der Waals surface area contributed by atoms with Gasteiger partial charge in [-0.1, -0.05) is 18.2 Å². The van der Waals surface area contributed by atoms with Crippen molar-refractivity contribution >= 4 is 11.4 Å². The molecule has 92 valence electrons. The van der Waals surface area contributed by atoms with E-state index in [1.54, 1.807) is 6.07 Å². The average molecular weight is 248 g/mol. The van der Waals surface area contributed by atoms with Gasteiger partial charge in [0.2, 0.25) is 0 Å². The van der Waals surface area contributed by atoms with Crippen LogP contribution in [-0.2, 0) is 6.61 Å². The Balaban J connectivity index is 2.27. The molecule has 0 atom stereocenters. The van der Waals surface area contributed by atoms with Gasteiger partial charge in [0.15, 0.2) is 11.6 Å². The van der Waals surface area contributed by atoms with Crippen molar-refractivity contribution in [2.45, 2.75) is 6.61 Å². The zero-order chi connectivity index (χ0) is 13.0. The highest BCUT2D eigenvalue weighted by Gasteiger charge is 2.03. The van der Waals surface area contributed by atoms with Crippen molar-refractivity contribution in [1.82, 2.24) is 0 Å². The van der Waals surface area contributed by atoms with Crippen LogP contribution in [0.15, 0.2) is 52.7 Å². The molecule has 0 spiro atoms. The second-order valence-corrected chi connectivity index (χ2v) is 3.60. The summed E-state index contributed by atoms with van der Waals surface area (Å²) in [7, 11) is 0. The Hall–Kier alpha value is -2.14. The molecule has 0 heterocycles. The summed E-state index contributed by atoms with van der Waals surface area (Å²) in [5.74, 6) is -1.13. The largest absolute Gasteiger partial charge is 0.392 e. The van der Waals surface area contributed by atoms with Crippen LogP contribution in [0.1, 0.15) is 5.56 Å². The molecule has 0 aliphatic rings. The lowest BCUT2D eigenvalue weighted by atomic mass is 10.2. The van der Waals surface area contributed by atoms with Crippen LogP contribution in [0.3, 0.4) is 0 Å². The van der Waals surface area contributed by atoms with E-state index in [1.165, 1.54) is 30.3 Å². The molecule has 1 N–H and O–H groups in total. The quantitative estimate of drug-likeness (QED) is 0.823. The number of hydrogen-bond donors (Lipinski definition) is 1. The van der Waals surface area contributed by atoms with Gasteiger partial charge in [0.1, 0.15) is 11.4 Å². The molecule has 0 bridgehead atoms. The number of aliphatic hydroxyl groups is 1. The number of azo groups is 1. The number of rotatable bonds is 3. The van der Waals surface area contributed by atoms with Crippen LogP contribution in [0.2, 0.25) is 0 Å². The fraction of sp³-hybridized carbons (Fsp3) is 0.0769. The summed E-state index contributed by atoms with van der Waals surface area (Å²) in [5.41, 5.74) is 0.482. The lowest BCUT2D eigenvalue weighted by Gasteiger charge is -1.99. The summed E-state index contributed by atoms with van der Waals surface area (Å²) < 4.78 is 26.7. The van der Waals surface area contributed by atoms with E-state index in [0.29, 0.717) is 5.56 Å². The minimum atomic E-state index is -0.610. The maximum absolute atomic E-state index is 13.5. The molecule has 0 aliphatic carbocycles. The summed E-state index contributed by atoms with van der Waals surface area (Å²) in [6, 6.07) is 9.91. The van der Waals surface area contributed by atoms with E-state index in [1.807, 2.05) is 0 Å². The van der Waals surface area contributed by atoms with E-state index >= 15 is 0 Å². The maximum Gasteiger partial charge on any atom is 0.151 e. The molecule has 0 aliphatic heterocycles. The van der Waals surface area contributed by atoms with Crippen LogP contribution in [0.4, 0.5) is 20.2 Å². The molecule has 3 nitrogen and oxygen atoms in total. The zero-order valence-electron chi connectivity index (χ0n) is 9.35. The van der Waals surface area contributed by atoms with Crippen LogP contribution >= 0.6 is 0 Å². The predicted octanol–water partition coefficient (Wildman–Crippen LogP) is 3.87. The first kappa shape index (κ1) is 12.3. The van der Waals surface area contributed by atoms with Gasteiger partial charge in [-0.3, -0.25) is 0 Å². The van der Waals surface area contributed by atoms with E-state index in [0.717, 1.165) is 6.07 Å². The molecular weight excluding hydrogens is 238 g/mol. The van der Waals surface area contributed by atoms with E-state index in [4.69, 9.17) is 5.11 Å². The first-order valence-corrected chi connectivity index (χ1v) is 5.26. The molecular formula is C13H10F2N2O. The van der Waals surface area contributed by atoms with Gasteiger partial charge in [-0.25, -0.2) is 8.78 Å². The van der Waals surface area contributed by atoms with Crippen LogP contribution in [0, 0.1) is 11.6 Å². The molecule has 2 aromatic carbocycles. The van der Waals surface area contributed by atoms with Crippen molar-refractivity contribution in [3.63, 3.8) is 0 Å². The molecule has 0 radical (unpaired) electrons. The minimum absolute atomic E-state index is 0.00421. The van der Waals surface area contributed by atoms with E-state index in [2.05, 4.69) is 10.2 Å². The summed E-state index contributed by atoms with van der Waals surface area (Å²) in [5, 5.41) is 16.1. The Morgan fingerprint density at radius 2 is 1.56 bits per heavy atom. The van der Waals surface area contributed by atoms with Gasteiger partial charge in [0, 0.05) is 0 Å². The van der Waals surface area contributed by atoms with Crippen LogP contribution in [0.25, 0.3) is 0 Å². The molecule has 0 aromatic heterocycles. The van der Waals surface area contributed by atoms with Gasteiger partial charge in [-0.15, -0.1) is 10.2 Å². The fourth-order valence-corrected chi connectivity index (χ4v) is 1.37. The van der Waals surface area contributed by atoms with E-state index < -0.39 is 11.6 Å². The summed E-state index contributed by atoms with van der Waals surface area (Å²) >= 11 is 0. The van der Waals surface area contributed by atoms with Crippen molar-refractivity contribution in [3.05, 3.63) is 59.7 Å². The van der Waals surface area contributed by atoms with Gasteiger partial charge in [-0.2, -0.15) is 0 Å². The van der Waals surface area contributed by atoms with Crippen molar-refractivity contribution in [3.8, 4) is 0 Å². The first-order chi connectivity index (χ1) is 8.70. The maximum atomic E-state index is 13.5. The molecule has 0 saturated heterocycles. The smallest absolute Gasteiger partial charge is 0.151 e. The van der Waals surface area contributed by atoms with Crippen molar-refractivity contribution in [2.75, 3.05) is 0 Å². The summed E-state index contributed by atoms with van der Waals surface area (Å²) in [4.78, 5) is 0. The highest BCUT2D eigenvalue weighted by atomic mass is 19.1. The molecule has 0 amide bonds. The normalized spacial score (nSPS) is 11.1. The SMILES string of the molecule is OCc1ccc(N=Nc2ccccc2F)c(F)c1. The topological polar surface area (TPSA) is 45.0 Å². The number of nitrogens with zero attached hydrogens (tertiary/aromatic N) is 2. The Morgan fingerprint density at radius 1 is 0.889 bits per heavy atom. The second-order valence-electron chi connectivity index (χ2n) is 3.60. The Bertz CT molecular complexity index is 585. The second kappa shape index (κ2) is 5.46. The standard InChI is InChI=1S/C13H10F2N2O/c14-10-3-1-2-4-12(10)16-17-13-6-5-9(8-18)7-11(13)15/h1-7,18H,8H2. The van der Waals surface area contributed by atoms with Crippen LogP contribution in [-0.4, -0.2) is 5.11 Å². The third-order valence-electron chi connectivity index (χ3n) is 2.31. The van der Waals surface area contributed by atoms with E-state index in [-0.39, 0.29) is 18.0 Å². The Kier molecular flexibility index (Phi) is 3.74. The van der Waals surface area contributed by atoms with Crippen LogP contribution < -0.4 is 0 Å². The molecule has 5 heteroatoms. The summed E-state index contributed by atoms with van der Waals surface area (Å²) in [6.45, 7) is -0.248. The lowest BCUT2D eigenvalue weighted by molar-refractivity contribution is 0.281.